The molecule has 6 rings (SSSR count). The second kappa shape index (κ2) is 18.3. The first-order chi connectivity index (χ1) is 26.5. The van der Waals surface area contributed by atoms with Crippen molar-refractivity contribution in [2.24, 2.45) is 0 Å². The van der Waals surface area contributed by atoms with Crippen LogP contribution in [-0.4, -0.2) is 96.2 Å². The van der Waals surface area contributed by atoms with Crippen LogP contribution in [0, 0.1) is 19.7 Å². The van der Waals surface area contributed by atoms with Gasteiger partial charge in [-0.2, -0.15) is 0 Å². The minimum atomic E-state index is -1.17. The highest BCUT2D eigenvalue weighted by Gasteiger charge is 2.43. The lowest BCUT2D eigenvalue weighted by molar-refractivity contribution is -0.147. The molecule has 11 nitrogen and oxygen atoms in total. The van der Waals surface area contributed by atoms with Gasteiger partial charge in [-0.15, -0.1) is 0 Å². The minimum Gasteiger partial charge on any atom is -0.492 e. The highest BCUT2D eigenvalue weighted by Crippen LogP contribution is 2.37. The zero-order chi connectivity index (χ0) is 39.1. The van der Waals surface area contributed by atoms with Crippen LogP contribution in [0.2, 0.25) is 0 Å². The van der Waals surface area contributed by atoms with Gasteiger partial charge < -0.3 is 34.4 Å². The highest BCUT2D eigenvalue weighted by atomic mass is 79.9. The van der Waals surface area contributed by atoms with Crippen molar-refractivity contribution in [2.75, 3.05) is 32.8 Å². The average Bonchev–Trinajstić information content (AvgIpc) is 4.00. The summed E-state index contributed by atoms with van der Waals surface area (Å²) >= 11 is 3.40. The Labute approximate surface area is 328 Å². The fraction of sp³-hybridized carbons (Fsp3) is 0.429. The first-order valence-electron chi connectivity index (χ1n) is 18.7. The largest absolute Gasteiger partial charge is 0.492 e. The molecule has 2 bridgehead atoms. The van der Waals surface area contributed by atoms with Crippen LogP contribution in [0.25, 0.3) is 5.57 Å². The Bertz CT molecular complexity index is 1920. The summed E-state index contributed by atoms with van der Waals surface area (Å²) in [6.07, 6.45) is 1.94. The number of nitrogens with one attached hydrogen (secondary N) is 1. The van der Waals surface area contributed by atoms with E-state index in [1.165, 1.54) is 17.7 Å². The number of aliphatic carboxylic acids is 1. The molecule has 2 N–H and O–H groups in total. The van der Waals surface area contributed by atoms with Gasteiger partial charge in [0.1, 0.15) is 30.0 Å². The quantitative estimate of drug-likeness (QED) is 0.117. The van der Waals surface area contributed by atoms with Gasteiger partial charge in [-0.1, -0.05) is 30.3 Å². The summed E-state index contributed by atoms with van der Waals surface area (Å²) in [4.78, 5) is 54.2. The molecule has 13 heteroatoms. The van der Waals surface area contributed by atoms with Crippen LogP contribution in [0.3, 0.4) is 0 Å². The summed E-state index contributed by atoms with van der Waals surface area (Å²) < 4.78 is 31.2. The summed E-state index contributed by atoms with van der Waals surface area (Å²) in [5, 5.41) is 12.9. The maximum atomic E-state index is 14.8. The van der Waals surface area contributed by atoms with Gasteiger partial charge in [-0.25, -0.2) is 4.39 Å². The van der Waals surface area contributed by atoms with Crippen molar-refractivity contribution >= 4 is 45.8 Å². The molecular formula is C42H47BrFN3O8. The van der Waals surface area contributed by atoms with Crippen LogP contribution < -0.4 is 14.8 Å². The fourth-order valence-corrected chi connectivity index (χ4v) is 7.67. The molecule has 2 heterocycles. The second-order valence-electron chi connectivity index (χ2n) is 14.5. The number of halogens is 2. The first-order valence-corrected chi connectivity index (χ1v) is 19.5. The molecule has 1 saturated carbocycles. The van der Waals surface area contributed by atoms with Crippen molar-refractivity contribution in [1.29, 1.82) is 0 Å². The third kappa shape index (κ3) is 10.5. The fourth-order valence-electron chi connectivity index (χ4n) is 7.31. The van der Waals surface area contributed by atoms with E-state index < -0.39 is 24.5 Å². The van der Waals surface area contributed by atoms with E-state index in [4.69, 9.17) is 14.2 Å². The molecule has 3 aromatic rings. The van der Waals surface area contributed by atoms with Gasteiger partial charge in [0.05, 0.1) is 36.5 Å². The average molecular weight is 821 g/mol. The van der Waals surface area contributed by atoms with E-state index in [9.17, 15) is 28.7 Å². The van der Waals surface area contributed by atoms with Crippen LogP contribution in [0.4, 0.5) is 4.39 Å². The predicted molar refractivity (Wildman–Crippen MR) is 207 cm³/mol. The number of carboxylic acid groups (broad SMARTS) is 1. The summed E-state index contributed by atoms with van der Waals surface area (Å²) in [5.74, 6) is -0.745. The molecule has 2 amide bonds. The number of carbonyl (C=O) groups excluding carboxylic acids is 3. The summed E-state index contributed by atoms with van der Waals surface area (Å²) in [6.45, 7) is 5.96. The van der Waals surface area contributed by atoms with Gasteiger partial charge in [0.15, 0.2) is 0 Å². The number of benzene rings is 3. The number of nitrogens with zero attached hydrogens (tertiary/aromatic N) is 2. The van der Waals surface area contributed by atoms with E-state index >= 15 is 0 Å². The maximum Gasteiger partial charge on any atom is 0.307 e. The van der Waals surface area contributed by atoms with Crippen molar-refractivity contribution in [2.45, 2.75) is 83.0 Å². The lowest BCUT2D eigenvalue weighted by Crippen LogP contribution is -2.62. The monoisotopic (exact) mass is 819 g/mol. The third-order valence-electron chi connectivity index (χ3n) is 10.4. The van der Waals surface area contributed by atoms with Gasteiger partial charge in [-0.3, -0.25) is 19.2 Å². The Balaban J connectivity index is 1.21. The normalized spacial score (nSPS) is 18.4. The molecule has 1 aliphatic carbocycles. The SMILES string of the molecule is Cc1ccc(OCCN(C(=O)C2=C(c3ccc(CCCOc4cc(F)ccc4Br)cc3)C[C@@H]3CN(C(=O)C[C@@H](CC(=O)O)OC=O)C[C@H]2N3)C2CC2)cc1C. The number of rotatable bonds is 18. The molecule has 0 aromatic heterocycles. The van der Waals surface area contributed by atoms with E-state index in [2.05, 4.69) is 33.4 Å². The van der Waals surface area contributed by atoms with Crippen molar-refractivity contribution in [3.8, 4) is 11.5 Å². The van der Waals surface area contributed by atoms with Crippen LogP contribution in [-0.2, 0) is 30.3 Å². The number of hydrogen-bond donors (Lipinski definition) is 2. The first kappa shape index (κ1) is 39.9. The lowest BCUT2D eigenvalue weighted by Gasteiger charge is -2.45. The third-order valence-corrected chi connectivity index (χ3v) is 11.1. The number of aryl methyl sites for hydroxylation is 3. The predicted octanol–water partition coefficient (Wildman–Crippen LogP) is 6.02. The van der Waals surface area contributed by atoms with Gasteiger partial charge >= 0.3 is 5.97 Å². The van der Waals surface area contributed by atoms with E-state index in [0.717, 1.165) is 53.7 Å². The molecule has 292 valence electrons. The molecule has 3 aliphatic rings. The minimum absolute atomic E-state index is 0.0933. The van der Waals surface area contributed by atoms with E-state index in [-0.39, 0.29) is 49.2 Å². The molecule has 2 aliphatic heterocycles. The van der Waals surface area contributed by atoms with E-state index in [0.29, 0.717) is 48.5 Å². The number of carbonyl (C=O) groups is 4. The number of fused-ring (bicyclic) bond motifs is 2. The number of amides is 2. The van der Waals surface area contributed by atoms with Gasteiger partial charge in [-0.05, 0) is 114 Å². The zero-order valence-corrected chi connectivity index (χ0v) is 32.7. The number of ether oxygens (including phenoxy) is 3. The molecule has 1 saturated heterocycles. The lowest BCUT2D eigenvalue weighted by atomic mass is 9.82. The molecule has 3 aromatic carbocycles. The molecule has 55 heavy (non-hydrogen) atoms. The van der Waals surface area contributed by atoms with Crippen LogP contribution in [0.15, 0.2) is 70.7 Å². The van der Waals surface area contributed by atoms with Crippen LogP contribution in [0.5, 0.6) is 11.5 Å². The Morgan fingerprint density at radius 3 is 2.49 bits per heavy atom. The number of carboxylic acids is 1. The van der Waals surface area contributed by atoms with Gasteiger partial charge in [0.2, 0.25) is 5.91 Å². The van der Waals surface area contributed by atoms with Crippen molar-refractivity contribution in [3.63, 3.8) is 0 Å². The summed E-state index contributed by atoms with van der Waals surface area (Å²) in [5.41, 5.74) is 5.89. The number of piperazine rings is 1. The molecule has 2 fully saturated rings. The molecular weight excluding hydrogens is 773 g/mol. The van der Waals surface area contributed by atoms with Gasteiger partial charge in [0.25, 0.3) is 12.4 Å². The van der Waals surface area contributed by atoms with Crippen molar-refractivity contribution in [3.05, 3.63) is 98.8 Å². The van der Waals surface area contributed by atoms with E-state index in [1.807, 2.05) is 49.1 Å². The Kier molecular flexibility index (Phi) is 13.3. The molecule has 0 spiro atoms. The van der Waals surface area contributed by atoms with E-state index in [1.54, 1.807) is 11.0 Å². The Morgan fingerprint density at radius 2 is 1.78 bits per heavy atom. The molecule has 3 atom stereocenters. The topological polar surface area (TPSA) is 135 Å². The standard InChI is InChI=1S/C42H47BrFN3O8/c1-26-5-13-33(18-27(26)2)53-17-15-47(32-11-12-32)42(52)41-35(20-31-23-46(24-37(41)45-31)39(49)21-34(55-25-48)22-40(50)51)29-8-6-28(7-9-29)4-3-16-54-38-19-30(44)10-14-36(38)43/h5-10,13-14,18-19,25,31-32,34,37,45H,3-4,11-12,15-17,20-24H2,1-2H3,(H,50,51)/t31-,34+,37-/m1/s1. The van der Waals surface area contributed by atoms with Crippen molar-refractivity contribution < 1.29 is 42.9 Å². The summed E-state index contributed by atoms with van der Waals surface area (Å²) in [6, 6.07) is 18.0. The highest BCUT2D eigenvalue weighted by molar-refractivity contribution is 9.10. The number of hydrogen-bond acceptors (Lipinski definition) is 8. The maximum absolute atomic E-state index is 14.8. The molecule has 0 radical (unpaired) electrons. The Morgan fingerprint density at radius 1 is 1.00 bits per heavy atom. The van der Waals surface area contributed by atoms with Gasteiger partial charge in [0, 0.05) is 36.8 Å². The van der Waals surface area contributed by atoms with Crippen LogP contribution in [0.1, 0.15) is 60.8 Å². The second-order valence-corrected chi connectivity index (χ2v) is 15.4. The zero-order valence-electron chi connectivity index (χ0n) is 31.1. The Hall–Kier alpha value is -4.75. The smallest absolute Gasteiger partial charge is 0.307 e. The van der Waals surface area contributed by atoms with Crippen molar-refractivity contribution in [1.82, 2.24) is 15.1 Å². The molecule has 0 unspecified atom stereocenters. The summed E-state index contributed by atoms with van der Waals surface area (Å²) in [7, 11) is 0. The van der Waals surface area contributed by atoms with Crippen LogP contribution >= 0.6 is 15.9 Å².